The average molecular weight is 485 g/mol. The summed E-state index contributed by atoms with van der Waals surface area (Å²) in [5.41, 5.74) is 0.839. The Labute approximate surface area is 197 Å². The molecule has 7 nitrogen and oxygen atoms in total. The van der Waals surface area contributed by atoms with E-state index in [1.165, 1.54) is 34.6 Å². The van der Waals surface area contributed by atoms with Crippen LogP contribution >= 0.6 is 11.6 Å². The fourth-order valence-corrected chi connectivity index (χ4v) is 4.59. The van der Waals surface area contributed by atoms with E-state index in [1.807, 2.05) is 0 Å². The van der Waals surface area contributed by atoms with E-state index >= 15 is 0 Å². The normalized spacial score (nSPS) is 10.8. The van der Waals surface area contributed by atoms with Crippen molar-refractivity contribution in [1.29, 1.82) is 0 Å². The Morgan fingerprint density at radius 2 is 1.70 bits per heavy atom. The quantitative estimate of drug-likeness (QED) is 0.356. The first kappa shape index (κ1) is 24.0. The zero-order valence-corrected chi connectivity index (χ0v) is 19.1. The second kappa shape index (κ2) is 10.8. The van der Waals surface area contributed by atoms with E-state index in [4.69, 9.17) is 16.3 Å². The molecule has 0 spiro atoms. The number of rotatable bonds is 9. The van der Waals surface area contributed by atoms with Gasteiger partial charge in [-0.1, -0.05) is 54.1 Å². The number of para-hydroxylation sites is 2. The van der Waals surface area contributed by atoms with E-state index in [0.29, 0.717) is 16.4 Å². The number of ether oxygens (including phenoxy) is 1. The summed E-state index contributed by atoms with van der Waals surface area (Å²) in [6.07, 6.45) is 1.47. The number of amides is 1. The standard InChI is InChI=1S/C24H21ClN2O5S/c1-2-15-27(19-10-4-3-5-11-19)33(30,31)20-12-8-9-18(16-20)24(29)32-17-23(28)26-22-14-7-6-13-21(22)25/h2-14,16H,1,15,17H2,(H,26,28). The topological polar surface area (TPSA) is 92.8 Å². The molecule has 0 heterocycles. The Balaban J connectivity index is 1.74. The third-order valence-electron chi connectivity index (χ3n) is 4.48. The lowest BCUT2D eigenvalue weighted by atomic mass is 10.2. The summed E-state index contributed by atoms with van der Waals surface area (Å²) < 4.78 is 32.7. The molecule has 3 aromatic rings. The molecule has 0 aliphatic heterocycles. The van der Waals surface area contributed by atoms with Crippen LogP contribution in [-0.4, -0.2) is 33.4 Å². The number of benzene rings is 3. The van der Waals surface area contributed by atoms with Gasteiger partial charge < -0.3 is 10.1 Å². The molecule has 0 atom stereocenters. The lowest BCUT2D eigenvalue weighted by molar-refractivity contribution is -0.119. The number of carbonyl (C=O) groups is 2. The van der Waals surface area contributed by atoms with Gasteiger partial charge in [0.25, 0.3) is 15.9 Å². The van der Waals surface area contributed by atoms with Crippen molar-refractivity contribution in [2.24, 2.45) is 0 Å². The monoisotopic (exact) mass is 484 g/mol. The van der Waals surface area contributed by atoms with Gasteiger partial charge in [0, 0.05) is 0 Å². The van der Waals surface area contributed by atoms with Crippen molar-refractivity contribution in [3.8, 4) is 0 Å². The third-order valence-corrected chi connectivity index (χ3v) is 6.60. The molecule has 0 saturated carbocycles. The lowest BCUT2D eigenvalue weighted by Crippen LogP contribution is -2.31. The number of halogens is 1. The van der Waals surface area contributed by atoms with Gasteiger partial charge in [-0.3, -0.25) is 9.10 Å². The van der Waals surface area contributed by atoms with Crippen LogP contribution in [0.2, 0.25) is 5.02 Å². The zero-order chi connectivity index (χ0) is 23.8. The molecule has 0 aliphatic rings. The molecule has 0 saturated heterocycles. The highest BCUT2D eigenvalue weighted by Gasteiger charge is 2.25. The second-order valence-electron chi connectivity index (χ2n) is 6.79. The van der Waals surface area contributed by atoms with Gasteiger partial charge in [-0.2, -0.15) is 0 Å². The minimum Gasteiger partial charge on any atom is -0.452 e. The summed E-state index contributed by atoms with van der Waals surface area (Å²) in [4.78, 5) is 24.5. The SMILES string of the molecule is C=CCN(c1ccccc1)S(=O)(=O)c1cccc(C(=O)OCC(=O)Nc2ccccc2Cl)c1. The first-order valence-electron chi connectivity index (χ1n) is 9.83. The number of hydrogen-bond acceptors (Lipinski definition) is 5. The Morgan fingerprint density at radius 1 is 1.00 bits per heavy atom. The predicted molar refractivity (Wildman–Crippen MR) is 128 cm³/mol. The van der Waals surface area contributed by atoms with Crippen LogP contribution in [0.5, 0.6) is 0 Å². The molecule has 0 fully saturated rings. The van der Waals surface area contributed by atoms with E-state index in [2.05, 4.69) is 11.9 Å². The molecular weight excluding hydrogens is 464 g/mol. The molecule has 0 aromatic heterocycles. The lowest BCUT2D eigenvalue weighted by Gasteiger charge is -2.23. The van der Waals surface area contributed by atoms with Crippen molar-refractivity contribution < 1.29 is 22.7 Å². The van der Waals surface area contributed by atoms with Crippen LogP contribution < -0.4 is 9.62 Å². The molecule has 9 heteroatoms. The largest absolute Gasteiger partial charge is 0.452 e. The van der Waals surface area contributed by atoms with E-state index in [0.717, 1.165) is 0 Å². The molecule has 0 aliphatic carbocycles. The first-order valence-corrected chi connectivity index (χ1v) is 11.6. The van der Waals surface area contributed by atoms with E-state index in [-0.39, 0.29) is 17.0 Å². The summed E-state index contributed by atoms with van der Waals surface area (Å²) >= 11 is 5.99. The molecule has 33 heavy (non-hydrogen) atoms. The van der Waals surface area contributed by atoms with Gasteiger partial charge in [0.05, 0.1) is 33.4 Å². The van der Waals surface area contributed by atoms with Gasteiger partial charge in [-0.15, -0.1) is 6.58 Å². The van der Waals surface area contributed by atoms with Crippen molar-refractivity contribution in [3.63, 3.8) is 0 Å². The van der Waals surface area contributed by atoms with Crippen molar-refractivity contribution in [2.45, 2.75) is 4.90 Å². The van der Waals surface area contributed by atoms with Crippen molar-refractivity contribution in [1.82, 2.24) is 0 Å². The smallest absolute Gasteiger partial charge is 0.338 e. The zero-order valence-electron chi connectivity index (χ0n) is 17.5. The number of anilines is 2. The van der Waals surface area contributed by atoms with Crippen molar-refractivity contribution in [2.75, 3.05) is 22.8 Å². The highest BCUT2D eigenvalue weighted by atomic mass is 35.5. The molecule has 1 amide bonds. The van der Waals surface area contributed by atoms with Crippen LogP contribution in [-0.2, 0) is 19.6 Å². The Morgan fingerprint density at radius 3 is 2.39 bits per heavy atom. The highest BCUT2D eigenvalue weighted by molar-refractivity contribution is 7.92. The van der Waals surface area contributed by atoms with Gasteiger partial charge >= 0.3 is 5.97 Å². The van der Waals surface area contributed by atoms with Gasteiger partial charge in [-0.05, 0) is 42.5 Å². The summed E-state index contributed by atoms with van der Waals surface area (Å²) in [7, 11) is -3.99. The van der Waals surface area contributed by atoms with E-state index < -0.39 is 28.5 Å². The summed E-state index contributed by atoms with van der Waals surface area (Å²) in [5.74, 6) is -1.42. The number of esters is 1. The Kier molecular flexibility index (Phi) is 7.87. The molecule has 3 aromatic carbocycles. The Bertz CT molecular complexity index is 1260. The van der Waals surface area contributed by atoms with Gasteiger partial charge in [-0.25, -0.2) is 13.2 Å². The number of nitrogens with one attached hydrogen (secondary N) is 1. The molecule has 170 valence electrons. The van der Waals surface area contributed by atoms with Crippen LogP contribution in [0.25, 0.3) is 0 Å². The highest BCUT2D eigenvalue weighted by Crippen LogP contribution is 2.24. The molecule has 1 N–H and O–H groups in total. The van der Waals surface area contributed by atoms with Gasteiger partial charge in [0.15, 0.2) is 6.61 Å². The number of sulfonamides is 1. The average Bonchev–Trinajstić information content (AvgIpc) is 2.83. The number of carbonyl (C=O) groups excluding carboxylic acids is 2. The van der Waals surface area contributed by atoms with E-state index in [9.17, 15) is 18.0 Å². The van der Waals surface area contributed by atoms with Gasteiger partial charge in [0.1, 0.15) is 0 Å². The summed E-state index contributed by atoms with van der Waals surface area (Å²) in [6.45, 7) is 3.11. The van der Waals surface area contributed by atoms with Crippen LogP contribution in [0.1, 0.15) is 10.4 Å². The second-order valence-corrected chi connectivity index (χ2v) is 9.06. The third kappa shape index (κ3) is 6.00. The molecule has 0 bridgehead atoms. The maximum Gasteiger partial charge on any atom is 0.338 e. The van der Waals surface area contributed by atoms with Crippen molar-refractivity contribution >= 4 is 44.9 Å². The maximum absolute atomic E-state index is 13.2. The Hall–Kier alpha value is -3.62. The molecule has 3 rings (SSSR count). The fraction of sp³-hybridized carbons (Fsp3) is 0.0833. The molecule has 0 unspecified atom stereocenters. The van der Waals surface area contributed by atoms with Crippen LogP contribution in [0, 0.1) is 0 Å². The van der Waals surface area contributed by atoms with Gasteiger partial charge in [0.2, 0.25) is 0 Å². The first-order chi connectivity index (χ1) is 15.8. The molecule has 0 radical (unpaired) electrons. The van der Waals surface area contributed by atoms with Crippen LogP contribution in [0.4, 0.5) is 11.4 Å². The minimum atomic E-state index is -3.99. The number of nitrogens with zero attached hydrogens (tertiary/aromatic N) is 1. The fourth-order valence-electron chi connectivity index (χ4n) is 2.93. The summed E-state index contributed by atoms with van der Waals surface area (Å²) in [6, 6.07) is 20.6. The molecular formula is C24H21ClN2O5S. The number of hydrogen-bond donors (Lipinski definition) is 1. The summed E-state index contributed by atoms with van der Waals surface area (Å²) in [5, 5.41) is 2.88. The minimum absolute atomic E-state index is 0.00627. The van der Waals surface area contributed by atoms with Crippen molar-refractivity contribution in [3.05, 3.63) is 102 Å². The maximum atomic E-state index is 13.2. The van der Waals surface area contributed by atoms with E-state index in [1.54, 1.807) is 54.6 Å². The predicted octanol–water partition coefficient (Wildman–Crippen LogP) is 4.52. The van der Waals surface area contributed by atoms with Crippen LogP contribution in [0.3, 0.4) is 0 Å². The van der Waals surface area contributed by atoms with Crippen LogP contribution in [0.15, 0.2) is 96.4 Å².